The van der Waals surface area contributed by atoms with Crippen molar-refractivity contribution in [1.29, 1.82) is 0 Å². The van der Waals surface area contributed by atoms with Crippen LogP contribution >= 0.6 is 0 Å². The molecule has 174 valence electrons. The number of benzene rings is 3. The summed E-state index contributed by atoms with van der Waals surface area (Å²) in [6, 6.07) is 20.0. The average Bonchev–Trinajstić information content (AvgIpc) is 2.81. The molecule has 0 heterocycles. The Morgan fingerprint density at radius 3 is 2.36 bits per heavy atom. The van der Waals surface area contributed by atoms with Crippen molar-refractivity contribution in [3.05, 3.63) is 77.4 Å². The van der Waals surface area contributed by atoms with Crippen molar-refractivity contribution < 1.29 is 24.1 Å². The zero-order valence-corrected chi connectivity index (χ0v) is 19.8. The monoisotopic (exact) mass is 448 g/mol. The van der Waals surface area contributed by atoms with E-state index in [1.165, 1.54) is 16.7 Å². The van der Waals surface area contributed by atoms with Crippen LogP contribution in [-0.4, -0.2) is 24.8 Å². The fourth-order valence-corrected chi connectivity index (χ4v) is 3.91. The molecule has 0 spiro atoms. The molecule has 1 unspecified atom stereocenters. The maximum Gasteiger partial charge on any atom is 0.341 e. The molecule has 33 heavy (non-hydrogen) atoms. The van der Waals surface area contributed by atoms with Gasteiger partial charge in [-0.3, -0.25) is 0 Å². The third-order valence-electron chi connectivity index (χ3n) is 5.72. The van der Waals surface area contributed by atoms with Crippen molar-refractivity contribution in [3.8, 4) is 28.4 Å². The molecule has 0 aliphatic rings. The average molecular weight is 449 g/mol. The van der Waals surface area contributed by atoms with Gasteiger partial charge in [-0.2, -0.15) is 0 Å². The number of ether oxygens (including phenoxy) is 3. The molecule has 1 N–H and O–H groups in total. The third-order valence-corrected chi connectivity index (χ3v) is 5.72. The number of hydrogen-bond donors (Lipinski definition) is 1. The largest absolute Gasteiger partial charge is 0.497 e. The molecule has 0 saturated heterocycles. The van der Waals surface area contributed by atoms with E-state index < -0.39 is 5.97 Å². The summed E-state index contributed by atoms with van der Waals surface area (Å²) >= 11 is 0. The van der Waals surface area contributed by atoms with Crippen LogP contribution in [0.1, 0.15) is 49.0 Å². The molecule has 3 aromatic carbocycles. The zero-order chi connectivity index (χ0) is 23.8. The molecule has 0 aliphatic carbocycles. The van der Waals surface area contributed by atoms with Crippen LogP contribution in [0.25, 0.3) is 11.1 Å². The van der Waals surface area contributed by atoms with Crippen LogP contribution in [0.5, 0.6) is 17.2 Å². The molecule has 0 fully saturated rings. The van der Waals surface area contributed by atoms with E-state index in [0.717, 1.165) is 41.9 Å². The second-order valence-electron chi connectivity index (χ2n) is 8.11. The maximum absolute atomic E-state index is 10.8. The van der Waals surface area contributed by atoms with Gasteiger partial charge in [-0.25, -0.2) is 4.79 Å². The Kier molecular flexibility index (Phi) is 8.36. The molecular weight excluding hydrogens is 416 g/mol. The molecule has 0 amide bonds. The highest BCUT2D eigenvalue weighted by Crippen LogP contribution is 2.35. The Morgan fingerprint density at radius 1 is 1.00 bits per heavy atom. The van der Waals surface area contributed by atoms with Gasteiger partial charge in [-0.05, 0) is 84.8 Å². The van der Waals surface area contributed by atoms with Crippen LogP contribution in [-0.2, 0) is 4.79 Å². The summed E-state index contributed by atoms with van der Waals surface area (Å²) in [5.41, 5.74) is 5.52. The first-order chi connectivity index (χ1) is 15.9. The van der Waals surface area contributed by atoms with Crippen molar-refractivity contribution >= 4 is 5.97 Å². The van der Waals surface area contributed by atoms with Gasteiger partial charge < -0.3 is 19.3 Å². The first-order valence-electron chi connectivity index (χ1n) is 11.3. The minimum absolute atomic E-state index is 0.0895. The van der Waals surface area contributed by atoms with E-state index in [4.69, 9.17) is 19.3 Å². The zero-order valence-electron chi connectivity index (χ0n) is 19.8. The third kappa shape index (κ3) is 6.28. The van der Waals surface area contributed by atoms with Gasteiger partial charge in [0.25, 0.3) is 0 Å². The van der Waals surface area contributed by atoms with E-state index in [1.54, 1.807) is 13.2 Å². The van der Waals surface area contributed by atoms with E-state index in [0.29, 0.717) is 5.75 Å². The molecule has 0 bridgehead atoms. The first kappa shape index (κ1) is 24.2. The summed E-state index contributed by atoms with van der Waals surface area (Å²) in [4.78, 5) is 10.8. The van der Waals surface area contributed by atoms with Gasteiger partial charge >= 0.3 is 5.97 Å². The predicted molar refractivity (Wildman–Crippen MR) is 130 cm³/mol. The van der Waals surface area contributed by atoms with E-state index in [1.807, 2.05) is 31.2 Å². The first-order valence-corrected chi connectivity index (χ1v) is 11.3. The minimum Gasteiger partial charge on any atom is -0.497 e. The lowest BCUT2D eigenvalue weighted by Gasteiger charge is -2.23. The molecule has 3 aromatic rings. The number of methoxy groups -OCH3 is 1. The number of unbranched alkanes of at least 4 members (excludes halogenated alkanes) is 1. The van der Waals surface area contributed by atoms with Crippen molar-refractivity contribution in [2.75, 3.05) is 13.7 Å². The van der Waals surface area contributed by atoms with Crippen LogP contribution in [0.4, 0.5) is 0 Å². The lowest BCUT2D eigenvalue weighted by molar-refractivity contribution is -0.139. The maximum atomic E-state index is 10.8. The van der Waals surface area contributed by atoms with Gasteiger partial charge in [0.15, 0.2) is 6.61 Å². The van der Waals surface area contributed by atoms with Crippen molar-refractivity contribution in [2.45, 2.75) is 46.1 Å². The van der Waals surface area contributed by atoms with Crippen LogP contribution in [0.2, 0.25) is 0 Å². The lowest BCUT2D eigenvalue weighted by Crippen LogP contribution is -2.11. The highest BCUT2D eigenvalue weighted by atomic mass is 16.5. The molecule has 5 heteroatoms. The topological polar surface area (TPSA) is 65.0 Å². The Hall–Kier alpha value is -3.47. The summed E-state index contributed by atoms with van der Waals surface area (Å²) in [6.45, 7) is 5.85. The van der Waals surface area contributed by atoms with Gasteiger partial charge in [-0.15, -0.1) is 0 Å². The van der Waals surface area contributed by atoms with Crippen molar-refractivity contribution in [3.63, 3.8) is 0 Å². The standard InChI is InChI=1S/C28H32O5/c1-5-6-10-27(33-23-15-16-26(19(2)17-23)32-18-28(29)30)25-9-7-8-24(20(25)3)21-11-13-22(31-4)14-12-21/h7-9,11-17,27H,5-6,10,18H2,1-4H3,(H,29,30). The van der Waals surface area contributed by atoms with Crippen molar-refractivity contribution in [1.82, 2.24) is 0 Å². The van der Waals surface area contributed by atoms with Crippen LogP contribution in [0, 0.1) is 13.8 Å². The van der Waals surface area contributed by atoms with Crippen LogP contribution < -0.4 is 14.2 Å². The summed E-state index contributed by atoms with van der Waals surface area (Å²) in [7, 11) is 1.67. The summed E-state index contributed by atoms with van der Waals surface area (Å²) in [5, 5.41) is 8.85. The van der Waals surface area contributed by atoms with E-state index in [-0.39, 0.29) is 12.7 Å². The van der Waals surface area contributed by atoms with E-state index >= 15 is 0 Å². The molecule has 0 radical (unpaired) electrons. The number of aryl methyl sites for hydroxylation is 1. The normalized spacial score (nSPS) is 11.6. The van der Waals surface area contributed by atoms with Crippen LogP contribution in [0.15, 0.2) is 60.7 Å². The molecule has 0 saturated carbocycles. The second kappa shape index (κ2) is 11.4. The number of carbonyl (C=O) groups is 1. The van der Waals surface area contributed by atoms with Gasteiger partial charge in [-0.1, -0.05) is 43.7 Å². The van der Waals surface area contributed by atoms with E-state index in [2.05, 4.69) is 44.2 Å². The van der Waals surface area contributed by atoms with E-state index in [9.17, 15) is 4.79 Å². The van der Waals surface area contributed by atoms with Gasteiger partial charge in [0, 0.05) is 0 Å². The fourth-order valence-electron chi connectivity index (χ4n) is 3.91. The smallest absolute Gasteiger partial charge is 0.341 e. The summed E-state index contributed by atoms with van der Waals surface area (Å²) < 4.78 is 17.1. The van der Waals surface area contributed by atoms with Crippen LogP contribution in [0.3, 0.4) is 0 Å². The number of aliphatic carboxylic acids is 1. The highest BCUT2D eigenvalue weighted by Gasteiger charge is 2.18. The SMILES string of the molecule is CCCCC(Oc1ccc(OCC(=O)O)c(C)c1)c1cccc(-c2ccc(OC)cc2)c1C. The van der Waals surface area contributed by atoms with Gasteiger partial charge in [0.05, 0.1) is 7.11 Å². The summed E-state index contributed by atoms with van der Waals surface area (Å²) in [6.07, 6.45) is 2.95. The molecule has 3 rings (SSSR count). The summed E-state index contributed by atoms with van der Waals surface area (Å²) in [5.74, 6) is 1.13. The molecule has 0 aliphatic heterocycles. The number of hydrogen-bond acceptors (Lipinski definition) is 4. The van der Waals surface area contributed by atoms with Crippen molar-refractivity contribution in [2.24, 2.45) is 0 Å². The Balaban J connectivity index is 1.88. The Morgan fingerprint density at radius 2 is 1.73 bits per heavy atom. The number of carboxylic acids is 1. The number of carboxylic acid groups (broad SMARTS) is 1. The Labute approximate surface area is 195 Å². The quantitative estimate of drug-likeness (QED) is 0.351. The molecular formula is C28H32O5. The second-order valence-corrected chi connectivity index (χ2v) is 8.11. The molecule has 5 nitrogen and oxygen atoms in total. The van der Waals surface area contributed by atoms with Gasteiger partial charge in [0.2, 0.25) is 0 Å². The Bertz CT molecular complexity index is 1070. The lowest BCUT2D eigenvalue weighted by atomic mass is 9.92. The molecule has 0 aromatic heterocycles. The molecule has 1 atom stereocenters. The minimum atomic E-state index is -0.999. The number of rotatable bonds is 11. The fraction of sp³-hybridized carbons (Fsp3) is 0.321. The predicted octanol–water partition coefficient (Wildman–Crippen LogP) is 6.75. The highest BCUT2D eigenvalue weighted by molar-refractivity contribution is 5.69. The van der Waals surface area contributed by atoms with Gasteiger partial charge in [0.1, 0.15) is 23.4 Å².